The summed E-state index contributed by atoms with van der Waals surface area (Å²) in [6, 6.07) is 16.3. The Morgan fingerprint density at radius 1 is 0.971 bits per heavy atom. The minimum atomic E-state index is -0.221. The summed E-state index contributed by atoms with van der Waals surface area (Å²) < 4.78 is 11.4. The average molecular weight is 534 g/mol. The molecule has 1 heterocycles. The van der Waals surface area contributed by atoms with Crippen molar-refractivity contribution < 1.29 is 14.3 Å². The topological polar surface area (TPSA) is 59.9 Å². The molecule has 0 saturated carbocycles. The van der Waals surface area contributed by atoms with Crippen LogP contribution in [-0.4, -0.2) is 18.2 Å². The summed E-state index contributed by atoms with van der Waals surface area (Å²) in [6.45, 7) is 2.22. The molecule has 1 N–H and O–H groups in total. The Labute approximate surface area is 216 Å². The first-order chi connectivity index (χ1) is 16.3. The lowest BCUT2D eigenvalue weighted by molar-refractivity contribution is -0.115. The standard InChI is InChI=1S/C25H19Cl3N2O3S/c1-14-3-6-17(12-19(14)27)29-25-30-24(31)23(34-25)11-15-5-8-21(22(10-15)32-2)33-13-16-4-7-18(26)20(28)9-16/h3-12H,13H2,1-2H3,(H,29,30,31)/b23-11+. The van der Waals surface area contributed by atoms with Gasteiger partial charge in [0.25, 0.3) is 5.91 Å². The van der Waals surface area contributed by atoms with Gasteiger partial charge < -0.3 is 14.8 Å². The number of ether oxygens (including phenoxy) is 2. The van der Waals surface area contributed by atoms with Gasteiger partial charge in [-0.25, -0.2) is 4.99 Å². The number of nitrogens with one attached hydrogen (secondary N) is 1. The van der Waals surface area contributed by atoms with E-state index in [0.29, 0.717) is 48.9 Å². The molecule has 0 bridgehead atoms. The summed E-state index contributed by atoms with van der Waals surface area (Å²) in [6.07, 6.45) is 1.77. The van der Waals surface area contributed by atoms with Gasteiger partial charge in [-0.05, 0) is 77.9 Å². The van der Waals surface area contributed by atoms with Crippen LogP contribution in [0.2, 0.25) is 15.1 Å². The minimum Gasteiger partial charge on any atom is -0.493 e. The third kappa shape index (κ3) is 5.88. The van der Waals surface area contributed by atoms with Crippen molar-refractivity contribution in [1.82, 2.24) is 5.32 Å². The van der Waals surface area contributed by atoms with Crippen LogP contribution in [0.3, 0.4) is 0 Å². The molecule has 9 heteroatoms. The number of amides is 1. The van der Waals surface area contributed by atoms with Crippen molar-refractivity contribution >= 4 is 69.4 Å². The molecule has 1 aliphatic heterocycles. The number of aliphatic imine (C=N–C) groups is 1. The molecule has 3 aromatic carbocycles. The molecule has 1 fully saturated rings. The van der Waals surface area contributed by atoms with Gasteiger partial charge in [-0.2, -0.15) is 0 Å². The minimum absolute atomic E-state index is 0.221. The SMILES string of the molecule is COc1cc(/C=C2/SC(=Nc3ccc(C)c(Cl)c3)NC2=O)ccc1OCc1ccc(Cl)c(Cl)c1. The van der Waals surface area contributed by atoms with Crippen LogP contribution < -0.4 is 14.8 Å². The molecule has 0 aliphatic carbocycles. The van der Waals surface area contributed by atoms with Crippen LogP contribution in [0.25, 0.3) is 6.08 Å². The molecule has 0 spiro atoms. The number of carbonyl (C=O) groups excluding carboxylic acids is 1. The van der Waals surface area contributed by atoms with Gasteiger partial charge in [-0.15, -0.1) is 0 Å². The smallest absolute Gasteiger partial charge is 0.264 e. The Bertz CT molecular complexity index is 1320. The van der Waals surface area contributed by atoms with E-state index in [1.165, 1.54) is 11.8 Å². The van der Waals surface area contributed by atoms with Crippen molar-refractivity contribution in [2.45, 2.75) is 13.5 Å². The fourth-order valence-electron chi connectivity index (χ4n) is 3.08. The number of rotatable bonds is 6. The zero-order chi connectivity index (χ0) is 24.2. The molecular formula is C25H19Cl3N2O3S. The number of carbonyl (C=O) groups is 1. The van der Waals surface area contributed by atoms with E-state index in [1.807, 2.05) is 31.2 Å². The lowest BCUT2D eigenvalue weighted by Gasteiger charge is -2.12. The van der Waals surface area contributed by atoms with E-state index in [4.69, 9.17) is 44.3 Å². The Morgan fingerprint density at radius 2 is 1.79 bits per heavy atom. The van der Waals surface area contributed by atoms with E-state index in [2.05, 4.69) is 10.3 Å². The second-order valence-corrected chi connectivity index (χ2v) is 9.61. The Balaban J connectivity index is 1.48. The Kier molecular flexibility index (Phi) is 7.73. The van der Waals surface area contributed by atoms with Crippen molar-refractivity contribution in [3.63, 3.8) is 0 Å². The number of thioether (sulfide) groups is 1. The van der Waals surface area contributed by atoms with E-state index in [-0.39, 0.29) is 5.91 Å². The highest BCUT2D eigenvalue weighted by Crippen LogP contribution is 2.33. The number of nitrogens with zero attached hydrogens (tertiary/aromatic N) is 1. The van der Waals surface area contributed by atoms with Crippen LogP contribution in [0.4, 0.5) is 5.69 Å². The number of amidine groups is 1. The maximum absolute atomic E-state index is 12.4. The number of hydrogen-bond acceptors (Lipinski definition) is 5. The van der Waals surface area contributed by atoms with Crippen LogP contribution in [-0.2, 0) is 11.4 Å². The number of methoxy groups -OCH3 is 1. The number of aryl methyl sites for hydroxylation is 1. The van der Waals surface area contributed by atoms with Crippen LogP contribution >= 0.6 is 46.6 Å². The van der Waals surface area contributed by atoms with Gasteiger partial charge in [0, 0.05) is 5.02 Å². The molecule has 1 aliphatic rings. The normalized spacial score (nSPS) is 15.6. The fraction of sp³-hybridized carbons (Fsp3) is 0.120. The predicted octanol–water partition coefficient (Wildman–Crippen LogP) is 7.43. The molecule has 0 aromatic heterocycles. The quantitative estimate of drug-likeness (QED) is 0.335. The molecule has 0 radical (unpaired) electrons. The van der Waals surface area contributed by atoms with Gasteiger partial charge in [0.2, 0.25) is 0 Å². The molecule has 1 amide bonds. The number of halogens is 3. The zero-order valence-corrected chi connectivity index (χ0v) is 21.3. The van der Waals surface area contributed by atoms with E-state index in [0.717, 1.165) is 16.7 Å². The molecule has 5 nitrogen and oxygen atoms in total. The third-order valence-corrected chi connectivity index (χ3v) is 6.96. The van der Waals surface area contributed by atoms with Gasteiger partial charge in [-0.1, -0.05) is 53.0 Å². The molecule has 4 rings (SSSR count). The van der Waals surface area contributed by atoms with Crippen molar-refractivity contribution in [3.8, 4) is 11.5 Å². The Hall–Kier alpha value is -2.64. The highest BCUT2D eigenvalue weighted by atomic mass is 35.5. The summed E-state index contributed by atoms with van der Waals surface area (Å²) in [4.78, 5) is 17.4. The zero-order valence-electron chi connectivity index (χ0n) is 18.2. The first-order valence-electron chi connectivity index (χ1n) is 10.1. The average Bonchev–Trinajstić information content (AvgIpc) is 3.15. The van der Waals surface area contributed by atoms with Crippen LogP contribution in [0, 0.1) is 6.92 Å². The second kappa shape index (κ2) is 10.7. The summed E-state index contributed by atoms with van der Waals surface area (Å²) in [7, 11) is 1.56. The molecule has 34 heavy (non-hydrogen) atoms. The van der Waals surface area contributed by atoms with Crippen molar-refractivity contribution in [2.75, 3.05) is 7.11 Å². The molecule has 1 saturated heterocycles. The molecule has 0 atom stereocenters. The van der Waals surface area contributed by atoms with Crippen molar-refractivity contribution in [3.05, 3.63) is 91.3 Å². The second-order valence-electron chi connectivity index (χ2n) is 7.36. The van der Waals surface area contributed by atoms with Crippen LogP contribution in [0.1, 0.15) is 16.7 Å². The van der Waals surface area contributed by atoms with Gasteiger partial charge in [0.15, 0.2) is 16.7 Å². The van der Waals surface area contributed by atoms with Gasteiger partial charge in [-0.3, -0.25) is 4.79 Å². The monoisotopic (exact) mass is 532 g/mol. The summed E-state index contributed by atoms with van der Waals surface area (Å²) in [5.41, 5.74) is 3.30. The maximum atomic E-state index is 12.4. The van der Waals surface area contributed by atoms with E-state index in [1.54, 1.807) is 43.5 Å². The highest BCUT2D eigenvalue weighted by molar-refractivity contribution is 8.18. The number of hydrogen-bond donors (Lipinski definition) is 1. The summed E-state index contributed by atoms with van der Waals surface area (Å²) in [5.74, 6) is 0.889. The molecule has 174 valence electrons. The summed E-state index contributed by atoms with van der Waals surface area (Å²) in [5, 5.41) is 4.86. The van der Waals surface area contributed by atoms with Crippen LogP contribution in [0.15, 0.2) is 64.5 Å². The van der Waals surface area contributed by atoms with Gasteiger partial charge in [0.1, 0.15) is 6.61 Å². The van der Waals surface area contributed by atoms with E-state index < -0.39 is 0 Å². The van der Waals surface area contributed by atoms with Gasteiger partial charge in [0.05, 0.1) is 27.7 Å². The lowest BCUT2D eigenvalue weighted by Crippen LogP contribution is -2.19. The Morgan fingerprint density at radius 3 is 2.53 bits per heavy atom. The largest absolute Gasteiger partial charge is 0.493 e. The molecule has 0 unspecified atom stereocenters. The van der Waals surface area contributed by atoms with E-state index in [9.17, 15) is 4.79 Å². The van der Waals surface area contributed by atoms with Crippen LogP contribution in [0.5, 0.6) is 11.5 Å². The van der Waals surface area contributed by atoms with E-state index >= 15 is 0 Å². The fourth-order valence-corrected chi connectivity index (χ4v) is 4.42. The molecule has 3 aromatic rings. The first-order valence-corrected chi connectivity index (χ1v) is 12.1. The lowest BCUT2D eigenvalue weighted by atomic mass is 10.2. The summed E-state index contributed by atoms with van der Waals surface area (Å²) >= 11 is 19.5. The van der Waals surface area contributed by atoms with Crippen molar-refractivity contribution in [1.29, 1.82) is 0 Å². The third-order valence-electron chi connectivity index (χ3n) is 4.90. The van der Waals surface area contributed by atoms with Crippen molar-refractivity contribution in [2.24, 2.45) is 4.99 Å². The first kappa shape index (κ1) is 24.5. The predicted molar refractivity (Wildman–Crippen MR) is 141 cm³/mol. The highest BCUT2D eigenvalue weighted by Gasteiger charge is 2.24. The number of benzene rings is 3. The maximum Gasteiger partial charge on any atom is 0.264 e. The van der Waals surface area contributed by atoms with Gasteiger partial charge >= 0.3 is 0 Å². The molecular weight excluding hydrogens is 515 g/mol.